The second-order valence-electron chi connectivity index (χ2n) is 4.43. The number of hydrogen-bond donors (Lipinski definition) is 2. The van der Waals surface area contributed by atoms with Crippen LogP contribution in [-0.4, -0.2) is 24.3 Å². The van der Waals surface area contributed by atoms with Gasteiger partial charge in [0.1, 0.15) is 0 Å². The lowest BCUT2D eigenvalue weighted by Crippen LogP contribution is -2.32. The molecule has 16 heavy (non-hydrogen) atoms. The van der Waals surface area contributed by atoms with Crippen molar-refractivity contribution in [2.24, 2.45) is 5.92 Å². The first-order valence-electron chi connectivity index (χ1n) is 6.11. The molecule has 2 atom stereocenters. The summed E-state index contributed by atoms with van der Waals surface area (Å²) in [7, 11) is 0. The molecule has 0 aliphatic rings. The fourth-order valence-corrected chi connectivity index (χ4v) is 2.52. The summed E-state index contributed by atoms with van der Waals surface area (Å²) < 4.78 is 0. The van der Waals surface area contributed by atoms with Crippen LogP contribution in [0.1, 0.15) is 32.3 Å². The molecule has 1 rings (SSSR count). The summed E-state index contributed by atoms with van der Waals surface area (Å²) in [4.78, 5) is 0. The Morgan fingerprint density at radius 1 is 1.50 bits per heavy atom. The maximum absolute atomic E-state index is 8.91. The molecule has 0 aromatic carbocycles. The molecule has 0 fully saturated rings. The van der Waals surface area contributed by atoms with E-state index < -0.39 is 0 Å². The molecular formula is C13H23NOS. The molecule has 0 amide bonds. The summed E-state index contributed by atoms with van der Waals surface area (Å²) >= 11 is 1.76. The van der Waals surface area contributed by atoms with E-state index in [1.807, 2.05) is 0 Å². The molecule has 2 unspecified atom stereocenters. The number of rotatable bonds is 8. The van der Waals surface area contributed by atoms with Crippen LogP contribution in [0.5, 0.6) is 0 Å². The van der Waals surface area contributed by atoms with E-state index in [-0.39, 0.29) is 0 Å². The van der Waals surface area contributed by atoms with Crippen LogP contribution in [0.25, 0.3) is 0 Å². The average molecular weight is 241 g/mol. The second kappa shape index (κ2) is 7.82. The van der Waals surface area contributed by atoms with Crippen LogP contribution in [0.3, 0.4) is 0 Å². The van der Waals surface area contributed by atoms with E-state index in [4.69, 9.17) is 5.11 Å². The Morgan fingerprint density at radius 3 is 2.88 bits per heavy atom. The Kier molecular flexibility index (Phi) is 6.69. The summed E-state index contributed by atoms with van der Waals surface area (Å²) in [5, 5.41) is 16.8. The van der Waals surface area contributed by atoms with E-state index in [0.717, 1.165) is 25.8 Å². The SMILES string of the molecule is CCC(CCO)CNC(C)Cc1ccsc1. The van der Waals surface area contributed by atoms with Crippen molar-refractivity contribution in [3.8, 4) is 0 Å². The fraction of sp³-hybridized carbons (Fsp3) is 0.692. The van der Waals surface area contributed by atoms with Crippen molar-refractivity contribution in [1.29, 1.82) is 0 Å². The maximum Gasteiger partial charge on any atom is 0.0434 e. The number of hydrogen-bond acceptors (Lipinski definition) is 3. The standard InChI is InChI=1S/C13H23NOS/c1-3-12(4-6-15)9-14-11(2)8-13-5-7-16-10-13/h5,7,10-12,14-15H,3-4,6,8-9H2,1-2H3. The largest absolute Gasteiger partial charge is 0.396 e. The van der Waals surface area contributed by atoms with Crippen LogP contribution in [-0.2, 0) is 6.42 Å². The van der Waals surface area contributed by atoms with Gasteiger partial charge in [-0.1, -0.05) is 13.3 Å². The molecular weight excluding hydrogens is 218 g/mol. The van der Waals surface area contributed by atoms with Crippen LogP contribution in [0.2, 0.25) is 0 Å². The first-order chi connectivity index (χ1) is 7.76. The van der Waals surface area contributed by atoms with Crippen molar-refractivity contribution < 1.29 is 5.11 Å². The molecule has 0 saturated carbocycles. The first-order valence-corrected chi connectivity index (χ1v) is 7.05. The average Bonchev–Trinajstić information content (AvgIpc) is 2.76. The normalized spacial score (nSPS) is 14.9. The van der Waals surface area contributed by atoms with Crippen LogP contribution in [0, 0.1) is 5.92 Å². The fourth-order valence-electron chi connectivity index (χ4n) is 1.84. The third-order valence-corrected chi connectivity index (χ3v) is 3.72. The van der Waals surface area contributed by atoms with Gasteiger partial charge in [0.25, 0.3) is 0 Å². The number of aliphatic hydroxyl groups excluding tert-OH is 1. The van der Waals surface area contributed by atoms with Crippen molar-refractivity contribution in [3.63, 3.8) is 0 Å². The van der Waals surface area contributed by atoms with Gasteiger partial charge in [-0.05, 0) is 54.6 Å². The molecule has 2 N–H and O–H groups in total. The van der Waals surface area contributed by atoms with Gasteiger partial charge in [0, 0.05) is 12.6 Å². The second-order valence-corrected chi connectivity index (χ2v) is 5.21. The van der Waals surface area contributed by atoms with Crippen LogP contribution in [0.4, 0.5) is 0 Å². The van der Waals surface area contributed by atoms with Crippen LogP contribution in [0.15, 0.2) is 16.8 Å². The van der Waals surface area contributed by atoms with Gasteiger partial charge < -0.3 is 10.4 Å². The van der Waals surface area contributed by atoms with E-state index in [1.54, 1.807) is 11.3 Å². The smallest absolute Gasteiger partial charge is 0.0434 e. The Morgan fingerprint density at radius 2 is 2.31 bits per heavy atom. The highest BCUT2D eigenvalue weighted by Crippen LogP contribution is 2.10. The Hall–Kier alpha value is -0.380. The van der Waals surface area contributed by atoms with Gasteiger partial charge in [0.2, 0.25) is 0 Å². The van der Waals surface area contributed by atoms with Gasteiger partial charge in [-0.15, -0.1) is 0 Å². The molecule has 0 aliphatic carbocycles. The van der Waals surface area contributed by atoms with Crippen molar-refractivity contribution in [1.82, 2.24) is 5.32 Å². The molecule has 92 valence electrons. The van der Waals surface area contributed by atoms with Crippen LogP contribution < -0.4 is 5.32 Å². The van der Waals surface area contributed by atoms with Crippen molar-refractivity contribution in [2.75, 3.05) is 13.2 Å². The van der Waals surface area contributed by atoms with E-state index in [0.29, 0.717) is 18.6 Å². The lowest BCUT2D eigenvalue weighted by Gasteiger charge is -2.18. The molecule has 1 aromatic rings. The molecule has 0 radical (unpaired) electrons. The summed E-state index contributed by atoms with van der Waals surface area (Å²) in [6.45, 7) is 5.73. The van der Waals surface area contributed by atoms with Gasteiger partial charge >= 0.3 is 0 Å². The van der Waals surface area contributed by atoms with E-state index in [2.05, 4.69) is 36.0 Å². The first kappa shape index (κ1) is 13.7. The lowest BCUT2D eigenvalue weighted by molar-refractivity contribution is 0.249. The Balaban J connectivity index is 2.21. The summed E-state index contributed by atoms with van der Waals surface area (Å²) in [5.41, 5.74) is 1.42. The molecule has 0 aliphatic heterocycles. The van der Waals surface area contributed by atoms with Crippen molar-refractivity contribution in [3.05, 3.63) is 22.4 Å². The molecule has 2 nitrogen and oxygen atoms in total. The molecule has 3 heteroatoms. The molecule has 0 spiro atoms. The highest BCUT2D eigenvalue weighted by atomic mass is 32.1. The number of aliphatic hydroxyl groups is 1. The molecule has 0 bridgehead atoms. The van der Waals surface area contributed by atoms with E-state index >= 15 is 0 Å². The molecule has 1 heterocycles. The topological polar surface area (TPSA) is 32.3 Å². The predicted octanol–water partition coefficient (Wildman–Crippen LogP) is 2.68. The number of nitrogens with one attached hydrogen (secondary N) is 1. The number of thiophene rings is 1. The minimum absolute atomic E-state index is 0.305. The van der Waals surface area contributed by atoms with Crippen molar-refractivity contribution >= 4 is 11.3 Å². The zero-order chi connectivity index (χ0) is 11.8. The highest BCUT2D eigenvalue weighted by Gasteiger charge is 2.08. The van der Waals surface area contributed by atoms with Gasteiger partial charge in [-0.3, -0.25) is 0 Å². The minimum atomic E-state index is 0.305. The highest BCUT2D eigenvalue weighted by molar-refractivity contribution is 7.07. The van der Waals surface area contributed by atoms with E-state index in [9.17, 15) is 0 Å². The third-order valence-electron chi connectivity index (χ3n) is 2.99. The third kappa shape index (κ3) is 5.10. The summed E-state index contributed by atoms with van der Waals surface area (Å²) in [6.07, 6.45) is 3.15. The Labute approximate surface area is 103 Å². The van der Waals surface area contributed by atoms with E-state index in [1.165, 1.54) is 5.56 Å². The Bertz CT molecular complexity index is 261. The summed E-state index contributed by atoms with van der Waals surface area (Å²) in [6, 6.07) is 2.70. The zero-order valence-corrected chi connectivity index (χ0v) is 11.1. The molecule has 0 saturated heterocycles. The van der Waals surface area contributed by atoms with Gasteiger partial charge in [0.05, 0.1) is 0 Å². The van der Waals surface area contributed by atoms with Gasteiger partial charge in [-0.25, -0.2) is 0 Å². The molecule has 1 aromatic heterocycles. The zero-order valence-electron chi connectivity index (χ0n) is 10.3. The lowest BCUT2D eigenvalue weighted by atomic mass is 10.0. The van der Waals surface area contributed by atoms with Crippen LogP contribution >= 0.6 is 11.3 Å². The van der Waals surface area contributed by atoms with Gasteiger partial charge in [0.15, 0.2) is 0 Å². The van der Waals surface area contributed by atoms with Gasteiger partial charge in [-0.2, -0.15) is 11.3 Å². The predicted molar refractivity (Wildman–Crippen MR) is 71.0 cm³/mol. The monoisotopic (exact) mass is 241 g/mol. The quantitative estimate of drug-likeness (QED) is 0.733. The minimum Gasteiger partial charge on any atom is -0.396 e. The maximum atomic E-state index is 8.91. The summed E-state index contributed by atoms with van der Waals surface area (Å²) in [5.74, 6) is 0.606. The van der Waals surface area contributed by atoms with Crippen molar-refractivity contribution in [2.45, 2.75) is 39.2 Å².